The van der Waals surface area contributed by atoms with Crippen molar-refractivity contribution in [2.75, 3.05) is 0 Å². The van der Waals surface area contributed by atoms with Gasteiger partial charge in [-0.05, 0) is 96.4 Å². The van der Waals surface area contributed by atoms with Crippen LogP contribution in [0.4, 0.5) is 0 Å². The number of carboxylic acids is 1. The monoisotopic (exact) mass is 388 g/mol. The van der Waals surface area contributed by atoms with Gasteiger partial charge in [-0.25, -0.2) is 0 Å². The van der Waals surface area contributed by atoms with Crippen LogP contribution in [0.1, 0.15) is 66.4 Å². The molecular formula is C26H28O3. The average molecular weight is 389 g/mol. The first-order chi connectivity index (χ1) is 14.0. The molecule has 2 aromatic carbocycles. The van der Waals surface area contributed by atoms with Crippen molar-refractivity contribution in [1.82, 2.24) is 0 Å². The SMILES string of the molecule is O=Cc1cccc(-c2ccc(CCC(=O)O)c(C34CC5CC(CC(C5)C3)C4)c2)c1. The Kier molecular flexibility index (Phi) is 4.57. The molecule has 0 spiro atoms. The molecule has 4 aliphatic rings. The van der Waals surface area contributed by atoms with Crippen molar-refractivity contribution in [3.8, 4) is 11.1 Å². The molecule has 4 fully saturated rings. The number of hydrogen-bond donors (Lipinski definition) is 1. The zero-order chi connectivity index (χ0) is 20.0. The fraction of sp³-hybridized carbons (Fsp3) is 0.462. The third-order valence-electron chi connectivity index (χ3n) is 7.68. The summed E-state index contributed by atoms with van der Waals surface area (Å²) in [4.78, 5) is 22.5. The number of carbonyl (C=O) groups excluding carboxylic acids is 1. The molecule has 3 nitrogen and oxygen atoms in total. The van der Waals surface area contributed by atoms with Gasteiger partial charge < -0.3 is 5.11 Å². The van der Waals surface area contributed by atoms with E-state index in [0.717, 1.165) is 35.2 Å². The summed E-state index contributed by atoms with van der Waals surface area (Å²) in [5.41, 5.74) is 5.72. The molecule has 4 aliphatic carbocycles. The Morgan fingerprint density at radius 1 is 0.966 bits per heavy atom. The van der Waals surface area contributed by atoms with Crippen molar-refractivity contribution in [3.05, 3.63) is 59.2 Å². The summed E-state index contributed by atoms with van der Waals surface area (Å²) in [6.45, 7) is 0. The number of hydrogen-bond acceptors (Lipinski definition) is 2. The van der Waals surface area contributed by atoms with Crippen molar-refractivity contribution in [1.29, 1.82) is 0 Å². The number of benzene rings is 2. The molecule has 0 aliphatic heterocycles. The van der Waals surface area contributed by atoms with Crippen LogP contribution in [-0.2, 0) is 16.6 Å². The Balaban J connectivity index is 1.59. The third-order valence-corrected chi connectivity index (χ3v) is 7.68. The van der Waals surface area contributed by atoms with Gasteiger partial charge in [-0.15, -0.1) is 0 Å². The van der Waals surface area contributed by atoms with E-state index >= 15 is 0 Å². The maximum atomic E-state index is 11.3. The molecule has 0 saturated heterocycles. The summed E-state index contributed by atoms with van der Waals surface area (Å²) in [6, 6.07) is 14.4. The minimum atomic E-state index is -0.732. The molecule has 4 saturated carbocycles. The second-order valence-corrected chi connectivity index (χ2v) is 9.71. The van der Waals surface area contributed by atoms with Gasteiger partial charge in [0.1, 0.15) is 6.29 Å². The predicted molar refractivity (Wildman–Crippen MR) is 113 cm³/mol. The number of aliphatic carboxylic acids is 1. The van der Waals surface area contributed by atoms with Gasteiger partial charge in [-0.3, -0.25) is 9.59 Å². The smallest absolute Gasteiger partial charge is 0.303 e. The highest BCUT2D eigenvalue weighted by Crippen LogP contribution is 2.61. The van der Waals surface area contributed by atoms with E-state index in [9.17, 15) is 14.7 Å². The lowest BCUT2D eigenvalue weighted by molar-refractivity contribution is -0.136. The molecule has 0 heterocycles. The summed E-state index contributed by atoms with van der Waals surface area (Å²) >= 11 is 0. The van der Waals surface area contributed by atoms with Crippen LogP contribution in [-0.4, -0.2) is 17.4 Å². The first-order valence-corrected chi connectivity index (χ1v) is 11.0. The Morgan fingerprint density at radius 3 is 2.24 bits per heavy atom. The van der Waals surface area contributed by atoms with E-state index in [0.29, 0.717) is 12.0 Å². The van der Waals surface area contributed by atoms with Crippen molar-refractivity contribution in [2.45, 2.75) is 56.8 Å². The van der Waals surface area contributed by atoms with Crippen LogP contribution in [0.15, 0.2) is 42.5 Å². The number of carboxylic acid groups (broad SMARTS) is 1. The Bertz CT molecular complexity index is 923. The van der Waals surface area contributed by atoms with E-state index in [1.54, 1.807) is 0 Å². The van der Waals surface area contributed by atoms with E-state index < -0.39 is 5.97 Å². The van der Waals surface area contributed by atoms with Gasteiger partial charge in [-0.2, -0.15) is 0 Å². The fourth-order valence-corrected chi connectivity index (χ4v) is 6.94. The van der Waals surface area contributed by atoms with E-state index in [4.69, 9.17) is 0 Å². The molecule has 2 aromatic rings. The molecule has 0 amide bonds. The summed E-state index contributed by atoms with van der Waals surface area (Å²) < 4.78 is 0. The van der Waals surface area contributed by atoms with Crippen LogP contribution in [0, 0.1) is 17.8 Å². The normalized spacial score (nSPS) is 29.7. The minimum absolute atomic E-state index is 0.180. The molecule has 4 bridgehead atoms. The first-order valence-electron chi connectivity index (χ1n) is 11.0. The highest BCUT2D eigenvalue weighted by molar-refractivity contribution is 5.79. The van der Waals surface area contributed by atoms with Gasteiger partial charge in [0.05, 0.1) is 0 Å². The van der Waals surface area contributed by atoms with Gasteiger partial charge in [0.15, 0.2) is 0 Å². The second kappa shape index (κ2) is 7.12. The molecule has 3 heteroatoms. The fourth-order valence-electron chi connectivity index (χ4n) is 6.94. The van der Waals surface area contributed by atoms with Crippen LogP contribution < -0.4 is 0 Å². The molecule has 0 radical (unpaired) electrons. The molecular weight excluding hydrogens is 360 g/mol. The zero-order valence-electron chi connectivity index (χ0n) is 16.8. The Labute approximate surface area is 172 Å². The topological polar surface area (TPSA) is 54.4 Å². The summed E-state index contributed by atoms with van der Waals surface area (Å²) in [6.07, 6.45) is 9.64. The number of carbonyl (C=O) groups is 2. The summed E-state index contributed by atoms with van der Waals surface area (Å²) in [5, 5.41) is 9.26. The van der Waals surface area contributed by atoms with E-state index in [2.05, 4.69) is 24.3 Å². The Morgan fingerprint density at radius 2 is 1.62 bits per heavy atom. The van der Waals surface area contributed by atoms with Crippen LogP contribution in [0.3, 0.4) is 0 Å². The number of aryl methyl sites for hydroxylation is 1. The Hall–Kier alpha value is -2.42. The summed E-state index contributed by atoms with van der Waals surface area (Å²) in [5.74, 6) is 1.80. The third kappa shape index (κ3) is 3.41. The molecule has 0 unspecified atom stereocenters. The first kappa shape index (κ1) is 18.6. The second-order valence-electron chi connectivity index (χ2n) is 9.71. The maximum absolute atomic E-state index is 11.3. The summed E-state index contributed by atoms with van der Waals surface area (Å²) in [7, 11) is 0. The van der Waals surface area contributed by atoms with Gasteiger partial charge in [0, 0.05) is 12.0 Å². The van der Waals surface area contributed by atoms with Crippen molar-refractivity contribution in [3.63, 3.8) is 0 Å². The highest BCUT2D eigenvalue weighted by Gasteiger charge is 2.52. The van der Waals surface area contributed by atoms with Gasteiger partial charge in [0.25, 0.3) is 0 Å². The van der Waals surface area contributed by atoms with Crippen LogP contribution in [0.5, 0.6) is 0 Å². The number of aldehydes is 1. The van der Waals surface area contributed by atoms with E-state index in [-0.39, 0.29) is 11.8 Å². The molecule has 29 heavy (non-hydrogen) atoms. The van der Waals surface area contributed by atoms with Crippen LogP contribution in [0.25, 0.3) is 11.1 Å². The molecule has 0 aromatic heterocycles. The standard InChI is InChI=1S/C26H28O3/c27-16-17-2-1-3-22(11-17)23-5-4-21(6-7-25(28)29)24(12-23)26-13-18-8-19(14-26)10-20(9-18)15-26/h1-5,11-12,16,18-20H,6-10,13-15H2,(H,28,29). The quantitative estimate of drug-likeness (QED) is 0.651. The van der Waals surface area contributed by atoms with Crippen molar-refractivity contribution in [2.24, 2.45) is 17.8 Å². The average Bonchev–Trinajstić information content (AvgIpc) is 2.71. The van der Waals surface area contributed by atoms with Gasteiger partial charge in [0.2, 0.25) is 0 Å². The van der Waals surface area contributed by atoms with Gasteiger partial charge in [-0.1, -0.05) is 36.4 Å². The molecule has 0 atom stereocenters. The minimum Gasteiger partial charge on any atom is -0.481 e. The molecule has 150 valence electrons. The largest absolute Gasteiger partial charge is 0.481 e. The van der Waals surface area contributed by atoms with E-state index in [1.165, 1.54) is 49.7 Å². The van der Waals surface area contributed by atoms with E-state index in [1.807, 2.05) is 18.2 Å². The van der Waals surface area contributed by atoms with Crippen LogP contribution >= 0.6 is 0 Å². The number of rotatable bonds is 6. The molecule has 1 N–H and O–H groups in total. The van der Waals surface area contributed by atoms with Crippen molar-refractivity contribution < 1.29 is 14.7 Å². The molecule has 6 rings (SSSR count). The lowest BCUT2D eigenvalue weighted by atomic mass is 9.47. The lowest BCUT2D eigenvalue weighted by Crippen LogP contribution is -2.49. The zero-order valence-corrected chi connectivity index (χ0v) is 16.8. The maximum Gasteiger partial charge on any atom is 0.303 e. The lowest BCUT2D eigenvalue weighted by Gasteiger charge is -2.57. The predicted octanol–water partition coefficient (Wildman–Crippen LogP) is 5.65. The van der Waals surface area contributed by atoms with Crippen molar-refractivity contribution >= 4 is 12.3 Å². The highest BCUT2D eigenvalue weighted by atomic mass is 16.4. The van der Waals surface area contributed by atoms with Crippen LogP contribution in [0.2, 0.25) is 0 Å². The van der Waals surface area contributed by atoms with Gasteiger partial charge >= 0.3 is 5.97 Å².